The molecule has 1 amide bonds. The number of aryl methyl sites for hydroxylation is 2. The van der Waals surface area contributed by atoms with Crippen molar-refractivity contribution in [1.82, 2.24) is 9.78 Å². The number of benzene rings is 1. The van der Waals surface area contributed by atoms with Gasteiger partial charge in [-0.3, -0.25) is 9.48 Å². The number of nitrogens with zero attached hydrogens (tertiary/aromatic N) is 2. The number of hydrogen-bond donors (Lipinski definition) is 1. The third-order valence-corrected chi connectivity index (χ3v) is 2.75. The van der Waals surface area contributed by atoms with E-state index in [1.165, 1.54) is 18.2 Å². The minimum absolute atomic E-state index is 0.284. The van der Waals surface area contributed by atoms with E-state index >= 15 is 0 Å². The smallest absolute Gasteiger partial charge is 0.248 e. The predicted molar refractivity (Wildman–Crippen MR) is 65.7 cm³/mol. The van der Waals surface area contributed by atoms with Crippen molar-refractivity contribution in [3.05, 3.63) is 52.6 Å². The lowest BCUT2D eigenvalue weighted by Crippen LogP contribution is -2.13. The molecule has 0 saturated carbocycles. The molecule has 0 fully saturated rings. The van der Waals surface area contributed by atoms with E-state index in [0.717, 1.165) is 11.4 Å². The summed E-state index contributed by atoms with van der Waals surface area (Å²) < 4.78 is 15.4. The van der Waals surface area contributed by atoms with E-state index < -0.39 is 5.91 Å². The Balaban J connectivity index is 2.36. The first-order valence-corrected chi connectivity index (χ1v) is 5.56. The Morgan fingerprint density at radius 1 is 1.39 bits per heavy atom. The maximum absolute atomic E-state index is 13.7. The second-order valence-corrected chi connectivity index (χ2v) is 4.26. The lowest BCUT2D eigenvalue weighted by atomic mass is 10.1. The van der Waals surface area contributed by atoms with Crippen molar-refractivity contribution in [2.75, 3.05) is 0 Å². The number of hydrogen-bond acceptors (Lipinski definition) is 2. The van der Waals surface area contributed by atoms with E-state index in [1.807, 2.05) is 19.9 Å². The third kappa shape index (κ3) is 2.40. The highest BCUT2D eigenvalue weighted by molar-refractivity contribution is 5.92. The second kappa shape index (κ2) is 4.60. The molecule has 5 heteroatoms. The monoisotopic (exact) mass is 247 g/mol. The zero-order chi connectivity index (χ0) is 13.3. The van der Waals surface area contributed by atoms with Crippen LogP contribution in [0.1, 0.15) is 27.3 Å². The summed E-state index contributed by atoms with van der Waals surface area (Å²) in [5.74, 6) is -0.933. The average molecular weight is 247 g/mol. The second-order valence-electron chi connectivity index (χ2n) is 4.26. The average Bonchev–Trinajstić information content (AvgIpc) is 2.60. The molecular weight excluding hydrogens is 233 g/mol. The molecule has 2 rings (SSSR count). The fraction of sp³-hybridized carbons (Fsp3) is 0.231. The van der Waals surface area contributed by atoms with E-state index in [9.17, 15) is 9.18 Å². The summed E-state index contributed by atoms with van der Waals surface area (Å²) in [6.45, 7) is 4.06. The Hall–Kier alpha value is -2.17. The first-order valence-electron chi connectivity index (χ1n) is 5.56. The molecule has 4 nitrogen and oxygen atoms in total. The minimum atomic E-state index is -0.565. The van der Waals surface area contributed by atoms with E-state index in [0.29, 0.717) is 11.1 Å². The van der Waals surface area contributed by atoms with Crippen LogP contribution >= 0.6 is 0 Å². The molecule has 1 aromatic carbocycles. The van der Waals surface area contributed by atoms with Crippen LogP contribution in [0.15, 0.2) is 24.3 Å². The summed E-state index contributed by atoms with van der Waals surface area (Å²) in [6.07, 6.45) is 0. The quantitative estimate of drug-likeness (QED) is 0.898. The van der Waals surface area contributed by atoms with Crippen molar-refractivity contribution < 1.29 is 9.18 Å². The molecule has 0 unspecified atom stereocenters. The molecule has 0 saturated heterocycles. The largest absolute Gasteiger partial charge is 0.366 e. The number of carbonyl (C=O) groups is 1. The molecule has 94 valence electrons. The lowest BCUT2D eigenvalue weighted by Gasteiger charge is -2.07. The van der Waals surface area contributed by atoms with Crippen LogP contribution in [0.4, 0.5) is 4.39 Å². The molecular formula is C13H14FN3O. The standard InChI is InChI=1S/C13H14FN3O/c1-8-5-9(2)17(16-8)7-11-6-10(13(15)18)3-4-12(11)14/h3-6H,7H2,1-2H3,(H2,15,18). The molecule has 0 radical (unpaired) electrons. The molecule has 0 aliphatic heterocycles. The molecule has 0 spiro atoms. The fourth-order valence-electron chi connectivity index (χ4n) is 1.85. The van der Waals surface area contributed by atoms with E-state index in [1.54, 1.807) is 4.68 Å². The van der Waals surface area contributed by atoms with Crippen molar-refractivity contribution in [2.45, 2.75) is 20.4 Å². The van der Waals surface area contributed by atoms with E-state index in [-0.39, 0.29) is 12.4 Å². The van der Waals surface area contributed by atoms with Gasteiger partial charge in [0.25, 0.3) is 0 Å². The van der Waals surface area contributed by atoms with Gasteiger partial charge in [-0.1, -0.05) is 0 Å². The number of rotatable bonds is 3. The van der Waals surface area contributed by atoms with Gasteiger partial charge in [-0.05, 0) is 38.1 Å². The summed E-state index contributed by atoms with van der Waals surface area (Å²) in [4.78, 5) is 11.1. The number of aromatic nitrogens is 2. The van der Waals surface area contributed by atoms with Crippen LogP contribution in [0.5, 0.6) is 0 Å². The van der Waals surface area contributed by atoms with Gasteiger partial charge in [-0.2, -0.15) is 5.10 Å². The summed E-state index contributed by atoms with van der Waals surface area (Å²) >= 11 is 0. The number of amides is 1. The Morgan fingerprint density at radius 2 is 2.11 bits per heavy atom. The number of primary amides is 1. The Kier molecular flexibility index (Phi) is 3.14. The van der Waals surface area contributed by atoms with Gasteiger partial charge in [0.2, 0.25) is 5.91 Å². The number of carbonyl (C=O) groups excluding carboxylic acids is 1. The molecule has 0 aliphatic carbocycles. The van der Waals surface area contributed by atoms with Gasteiger partial charge < -0.3 is 5.73 Å². The first kappa shape index (κ1) is 12.3. The zero-order valence-corrected chi connectivity index (χ0v) is 10.3. The molecule has 2 N–H and O–H groups in total. The molecule has 18 heavy (non-hydrogen) atoms. The van der Waals surface area contributed by atoms with Crippen molar-refractivity contribution >= 4 is 5.91 Å². The highest BCUT2D eigenvalue weighted by atomic mass is 19.1. The number of halogens is 1. The Labute approximate surface area is 104 Å². The molecule has 2 aromatic rings. The van der Waals surface area contributed by atoms with E-state index in [2.05, 4.69) is 5.10 Å². The molecule has 0 atom stereocenters. The van der Waals surface area contributed by atoms with Gasteiger partial charge in [0.05, 0.1) is 12.2 Å². The molecule has 0 bridgehead atoms. The van der Waals surface area contributed by atoms with Gasteiger partial charge in [0.1, 0.15) is 5.82 Å². The van der Waals surface area contributed by atoms with Crippen LogP contribution in [0, 0.1) is 19.7 Å². The summed E-state index contributed by atoms with van der Waals surface area (Å²) in [7, 11) is 0. The zero-order valence-electron chi connectivity index (χ0n) is 10.3. The highest BCUT2D eigenvalue weighted by Gasteiger charge is 2.09. The maximum Gasteiger partial charge on any atom is 0.248 e. The van der Waals surface area contributed by atoms with Crippen LogP contribution in [-0.4, -0.2) is 15.7 Å². The fourth-order valence-corrected chi connectivity index (χ4v) is 1.85. The normalized spacial score (nSPS) is 10.6. The van der Waals surface area contributed by atoms with Crippen LogP contribution in [0.25, 0.3) is 0 Å². The van der Waals surface area contributed by atoms with Gasteiger partial charge in [-0.15, -0.1) is 0 Å². The van der Waals surface area contributed by atoms with Crippen molar-refractivity contribution in [3.8, 4) is 0 Å². The highest BCUT2D eigenvalue weighted by Crippen LogP contribution is 2.13. The maximum atomic E-state index is 13.7. The van der Waals surface area contributed by atoms with Gasteiger partial charge in [0, 0.05) is 16.8 Å². The van der Waals surface area contributed by atoms with E-state index in [4.69, 9.17) is 5.73 Å². The third-order valence-electron chi connectivity index (χ3n) is 2.75. The summed E-state index contributed by atoms with van der Waals surface area (Å²) in [6, 6.07) is 6.01. The van der Waals surface area contributed by atoms with Crippen LogP contribution < -0.4 is 5.73 Å². The Bertz CT molecular complexity index is 604. The van der Waals surface area contributed by atoms with Crippen LogP contribution in [-0.2, 0) is 6.54 Å². The van der Waals surface area contributed by atoms with Crippen molar-refractivity contribution in [1.29, 1.82) is 0 Å². The van der Waals surface area contributed by atoms with Gasteiger partial charge >= 0.3 is 0 Å². The summed E-state index contributed by atoms with van der Waals surface area (Å²) in [5, 5.41) is 4.25. The predicted octanol–water partition coefficient (Wildman–Crippen LogP) is 1.79. The van der Waals surface area contributed by atoms with Crippen LogP contribution in [0.2, 0.25) is 0 Å². The molecule has 1 aromatic heterocycles. The molecule has 1 heterocycles. The summed E-state index contributed by atoms with van der Waals surface area (Å²) in [5.41, 5.74) is 7.69. The van der Waals surface area contributed by atoms with Crippen LogP contribution in [0.3, 0.4) is 0 Å². The topological polar surface area (TPSA) is 60.9 Å². The first-order chi connectivity index (χ1) is 8.47. The van der Waals surface area contributed by atoms with Crippen molar-refractivity contribution in [3.63, 3.8) is 0 Å². The van der Waals surface area contributed by atoms with Gasteiger partial charge in [-0.25, -0.2) is 4.39 Å². The molecule has 0 aliphatic rings. The van der Waals surface area contributed by atoms with Crippen molar-refractivity contribution in [2.24, 2.45) is 5.73 Å². The SMILES string of the molecule is Cc1cc(C)n(Cc2cc(C(N)=O)ccc2F)n1. The Morgan fingerprint density at radius 3 is 2.67 bits per heavy atom. The minimum Gasteiger partial charge on any atom is -0.366 e. The van der Waals surface area contributed by atoms with Gasteiger partial charge in [0.15, 0.2) is 0 Å². The lowest BCUT2D eigenvalue weighted by molar-refractivity contribution is 0.1000. The number of nitrogens with two attached hydrogens (primary N) is 1.